The van der Waals surface area contributed by atoms with Crippen LogP contribution in [0.2, 0.25) is 0 Å². The molecule has 9 heavy (non-hydrogen) atoms. The van der Waals surface area contributed by atoms with Gasteiger partial charge in [0.05, 0.1) is 0 Å². The van der Waals surface area contributed by atoms with E-state index < -0.39 is 0 Å². The van der Waals surface area contributed by atoms with Gasteiger partial charge < -0.3 is 0 Å². The summed E-state index contributed by atoms with van der Waals surface area (Å²) >= 11 is 0. The summed E-state index contributed by atoms with van der Waals surface area (Å²) in [5.41, 5.74) is 0.464. The van der Waals surface area contributed by atoms with Gasteiger partial charge in [0.25, 0.3) is 0 Å². The fraction of sp³-hybridized carbons (Fsp3) is 0.778. The van der Waals surface area contributed by atoms with Crippen molar-refractivity contribution >= 4 is 0 Å². The Morgan fingerprint density at radius 3 is 2.00 bits per heavy atom. The second kappa shape index (κ2) is 3.71. The summed E-state index contributed by atoms with van der Waals surface area (Å²) in [5.74, 6) is 0. The molecule has 0 rings (SSSR count). The van der Waals surface area contributed by atoms with E-state index in [4.69, 9.17) is 0 Å². The topological polar surface area (TPSA) is 0 Å². The second-order valence-electron chi connectivity index (χ2n) is 3.64. The van der Waals surface area contributed by atoms with Crippen molar-refractivity contribution in [3.05, 3.63) is 12.2 Å². The summed E-state index contributed by atoms with van der Waals surface area (Å²) in [4.78, 5) is 0. The van der Waals surface area contributed by atoms with E-state index in [-0.39, 0.29) is 0 Å². The second-order valence-corrected chi connectivity index (χ2v) is 3.64. The minimum Gasteiger partial charge on any atom is -0.0888 e. The minimum absolute atomic E-state index is 0.464. The monoisotopic (exact) mass is 126 g/mol. The molecule has 0 atom stereocenters. The van der Waals surface area contributed by atoms with Crippen molar-refractivity contribution in [2.45, 2.75) is 40.5 Å². The molecule has 0 amide bonds. The molecule has 0 aliphatic rings. The summed E-state index contributed by atoms with van der Waals surface area (Å²) in [7, 11) is 0. The lowest BCUT2D eigenvalue weighted by Crippen LogP contribution is -2.01. The third-order valence-corrected chi connectivity index (χ3v) is 1.13. The van der Waals surface area contributed by atoms with Crippen LogP contribution in [0.15, 0.2) is 12.2 Å². The Bertz CT molecular complexity index is 82.7. The molecule has 0 fully saturated rings. The predicted molar refractivity (Wildman–Crippen MR) is 43.5 cm³/mol. The van der Waals surface area contributed by atoms with Crippen molar-refractivity contribution in [1.29, 1.82) is 0 Å². The van der Waals surface area contributed by atoms with E-state index in [2.05, 4.69) is 39.8 Å². The van der Waals surface area contributed by atoms with Crippen LogP contribution in [0.25, 0.3) is 0 Å². The Balaban J connectivity index is 3.38. The first-order valence-corrected chi connectivity index (χ1v) is 3.71. The molecule has 0 saturated heterocycles. The van der Waals surface area contributed by atoms with E-state index >= 15 is 0 Å². The molecule has 0 heterocycles. The number of rotatable bonds is 2. The zero-order valence-electron chi connectivity index (χ0n) is 7.07. The molecule has 0 aromatic carbocycles. The van der Waals surface area contributed by atoms with Gasteiger partial charge in [0.2, 0.25) is 0 Å². The first kappa shape index (κ1) is 8.74. The highest BCUT2D eigenvalue weighted by molar-refractivity contribution is 4.84. The zero-order chi connectivity index (χ0) is 7.33. The first-order valence-electron chi connectivity index (χ1n) is 3.71. The third kappa shape index (κ3) is 7.74. The molecule has 0 radical (unpaired) electrons. The maximum atomic E-state index is 2.26. The van der Waals surface area contributed by atoms with Crippen LogP contribution >= 0.6 is 0 Å². The molecule has 0 aromatic rings. The molecule has 0 bridgehead atoms. The molecule has 0 heteroatoms. The Morgan fingerprint density at radius 2 is 1.67 bits per heavy atom. The van der Waals surface area contributed by atoms with E-state index in [1.54, 1.807) is 0 Å². The van der Waals surface area contributed by atoms with Crippen LogP contribution in [0.3, 0.4) is 0 Å². The third-order valence-electron chi connectivity index (χ3n) is 1.13. The van der Waals surface area contributed by atoms with Crippen molar-refractivity contribution in [2.24, 2.45) is 5.41 Å². The molecule has 0 saturated carbocycles. The lowest BCUT2D eigenvalue weighted by atomic mass is 9.92. The standard InChI is InChI=1S/C9H18/c1-5-6-7-8-9(2,3)4/h6-7H,5,8H2,1-4H3/b7-6+. The Kier molecular flexibility index (Phi) is 3.60. The van der Waals surface area contributed by atoms with Gasteiger partial charge in [0.1, 0.15) is 0 Å². The fourth-order valence-corrected chi connectivity index (χ4v) is 0.604. The van der Waals surface area contributed by atoms with Gasteiger partial charge in [-0.2, -0.15) is 0 Å². The Labute approximate surface area is 59.0 Å². The average Bonchev–Trinajstić information content (AvgIpc) is 1.63. The van der Waals surface area contributed by atoms with Crippen LogP contribution < -0.4 is 0 Å². The molecule has 0 nitrogen and oxygen atoms in total. The number of allylic oxidation sites excluding steroid dienone is 2. The van der Waals surface area contributed by atoms with Crippen molar-refractivity contribution in [1.82, 2.24) is 0 Å². The molecule has 0 aliphatic heterocycles. The average molecular weight is 126 g/mol. The van der Waals surface area contributed by atoms with Crippen LogP contribution in [0.4, 0.5) is 0 Å². The van der Waals surface area contributed by atoms with Gasteiger partial charge >= 0.3 is 0 Å². The van der Waals surface area contributed by atoms with Crippen molar-refractivity contribution in [3.63, 3.8) is 0 Å². The SMILES string of the molecule is CC/C=C/CC(C)(C)C. The van der Waals surface area contributed by atoms with Gasteiger partial charge in [-0.25, -0.2) is 0 Å². The van der Waals surface area contributed by atoms with E-state index in [1.807, 2.05) is 0 Å². The Hall–Kier alpha value is -0.260. The molecule has 0 aliphatic carbocycles. The maximum absolute atomic E-state index is 2.26. The summed E-state index contributed by atoms with van der Waals surface area (Å²) in [5, 5.41) is 0. The Morgan fingerprint density at radius 1 is 1.11 bits per heavy atom. The lowest BCUT2D eigenvalue weighted by molar-refractivity contribution is 0.420. The van der Waals surface area contributed by atoms with E-state index in [0.717, 1.165) is 6.42 Å². The molecule has 0 unspecified atom stereocenters. The smallest absolute Gasteiger partial charge is 0.0302 e. The van der Waals surface area contributed by atoms with Gasteiger partial charge in [-0.15, -0.1) is 0 Å². The number of hydrogen-bond acceptors (Lipinski definition) is 0. The van der Waals surface area contributed by atoms with Crippen LogP contribution in [0.1, 0.15) is 40.5 Å². The highest BCUT2D eigenvalue weighted by atomic mass is 14.1. The first-order chi connectivity index (χ1) is 4.06. The highest BCUT2D eigenvalue weighted by Crippen LogP contribution is 2.18. The van der Waals surface area contributed by atoms with Crippen molar-refractivity contribution in [3.8, 4) is 0 Å². The molecule has 0 N–H and O–H groups in total. The summed E-state index contributed by atoms with van der Waals surface area (Å²) < 4.78 is 0. The van der Waals surface area contributed by atoms with Gasteiger partial charge in [-0.1, -0.05) is 39.8 Å². The molecular weight excluding hydrogens is 108 g/mol. The summed E-state index contributed by atoms with van der Waals surface area (Å²) in [6.07, 6.45) is 6.85. The highest BCUT2D eigenvalue weighted by Gasteiger charge is 2.05. The quantitative estimate of drug-likeness (QED) is 0.497. The minimum atomic E-state index is 0.464. The van der Waals surface area contributed by atoms with Crippen LogP contribution in [-0.2, 0) is 0 Å². The zero-order valence-corrected chi connectivity index (χ0v) is 7.07. The van der Waals surface area contributed by atoms with E-state index in [1.165, 1.54) is 6.42 Å². The fourth-order valence-electron chi connectivity index (χ4n) is 0.604. The van der Waals surface area contributed by atoms with E-state index in [9.17, 15) is 0 Å². The van der Waals surface area contributed by atoms with Crippen LogP contribution in [0, 0.1) is 5.41 Å². The predicted octanol–water partition coefficient (Wildman–Crippen LogP) is 3.39. The summed E-state index contributed by atoms with van der Waals surface area (Å²) in [6, 6.07) is 0. The van der Waals surface area contributed by atoms with Gasteiger partial charge in [-0.3, -0.25) is 0 Å². The maximum Gasteiger partial charge on any atom is -0.0302 e. The normalized spacial score (nSPS) is 12.9. The number of hydrogen-bond donors (Lipinski definition) is 0. The van der Waals surface area contributed by atoms with E-state index in [0.29, 0.717) is 5.41 Å². The lowest BCUT2D eigenvalue weighted by Gasteiger charge is -2.14. The molecule has 0 spiro atoms. The largest absolute Gasteiger partial charge is 0.0888 e. The van der Waals surface area contributed by atoms with Gasteiger partial charge in [0.15, 0.2) is 0 Å². The van der Waals surface area contributed by atoms with Gasteiger partial charge in [0, 0.05) is 0 Å². The van der Waals surface area contributed by atoms with Crippen molar-refractivity contribution < 1.29 is 0 Å². The van der Waals surface area contributed by atoms with Crippen LogP contribution in [0.5, 0.6) is 0 Å². The molecular formula is C9H18. The summed E-state index contributed by atoms with van der Waals surface area (Å²) in [6.45, 7) is 8.94. The van der Waals surface area contributed by atoms with Gasteiger partial charge in [-0.05, 0) is 18.3 Å². The van der Waals surface area contributed by atoms with Crippen LogP contribution in [-0.4, -0.2) is 0 Å². The van der Waals surface area contributed by atoms with Crippen molar-refractivity contribution in [2.75, 3.05) is 0 Å². The molecule has 54 valence electrons. The molecule has 0 aromatic heterocycles.